The zero-order valence-corrected chi connectivity index (χ0v) is 13.0. The second-order valence-electron chi connectivity index (χ2n) is 5.46. The Balaban J connectivity index is 1.73. The summed E-state index contributed by atoms with van der Waals surface area (Å²) < 4.78 is 10.8. The zero-order valence-electron chi connectivity index (χ0n) is 13.0. The lowest BCUT2D eigenvalue weighted by Gasteiger charge is -2.32. The Morgan fingerprint density at radius 2 is 2.09 bits per heavy atom. The van der Waals surface area contributed by atoms with Gasteiger partial charge in [0.05, 0.1) is 18.0 Å². The summed E-state index contributed by atoms with van der Waals surface area (Å²) >= 11 is 0. The lowest BCUT2D eigenvalue weighted by molar-refractivity contribution is -0.128. The highest BCUT2D eigenvalue weighted by Gasteiger charge is 2.32. The predicted molar refractivity (Wildman–Crippen MR) is 84.2 cm³/mol. The number of amides is 2. The molecule has 1 aromatic heterocycles. The first-order chi connectivity index (χ1) is 11.1. The molecule has 0 saturated carbocycles. The number of rotatable bonds is 4. The molecule has 2 amide bonds. The van der Waals surface area contributed by atoms with Gasteiger partial charge >= 0.3 is 0 Å². The quantitative estimate of drug-likeness (QED) is 0.939. The number of hydrogen-bond acceptors (Lipinski definition) is 4. The van der Waals surface area contributed by atoms with Gasteiger partial charge in [-0.3, -0.25) is 14.5 Å². The molecule has 2 atom stereocenters. The Bertz CT molecular complexity index is 711. The minimum Gasteiger partial charge on any atom is -0.479 e. The summed E-state index contributed by atoms with van der Waals surface area (Å²) in [6.07, 6.45) is 0.946. The molecule has 2 aromatic rings. The van der Waals surface area contributed by atoms with Crippen molar-refractivity contribution in [3.8, 4) is 5.75 Å². The Morgan fingerprint density at radius 1 is 1.30 bits per heavy atom. The maximum atomic E-state index is 12.3. The SMILES string of the molecule is CC1Oc2ccccc2N(CC(=O)NC(C)c2ccco2)C1=O. The summed E-state index contributed by atoms with van der Waals surface area (Å²) in [5.41, 5.74) is 0.608. The molecule has 0 radical (unpaired) electrons. The molecule has 3 rings (SSSR count). The van der Waals surface area contributed by atoms with E-state index in [1.165, 1.54) is 4.90 Å². The number of fused-ring (bicyclic) bond motifs is 1. The maximum Gasteiger partial charge on any atom is 0.268 e. The van der Waals surface area contributed by atoms with E-state index < -0.39 is 6.10 Å². The third-order valence-corrected chi connectivity index (χ3v) is 3.72. The van der Waals surface area contributed by atoms with Crippen LogP contribution >= 0.6 is 0 Å². The fourth-order valence-electron chi connectivity index (χ4n) is 2.56. The Hall–Kier alpha value is -2.76. The first-order valence-electron chi connectivity index (χ1n) is 7.46. The third-order valence-electron chi connectivity index (χ3n) is 3.72. The molecule has 0 fully saturated rings. The van der Waals surface area contributed by atoms with Gasteiger partial charge in [0.1, 0.15) is 18.1 Å². The molecule has 120 valence electrons. The molecule has 0 bridgehead atoms. The summed E-state index contributed by atoms with van der Waals surface area (Å²) in [7, 11) is 0. The highest BCUT2D eigenvalue weighted by Crippen LogP contribution is 2.33. The number of carbonyl (C=O) groups is 2. The smallest absolute Gasteiger partial charge is 0.268 e. The van der Waals surface area contributed by atoms with Crippen molar-refractivity contribution >= 4 is 17.5 Å². The van der Waals surface area contributed by atoms with Crippen LogP contribution in [0.3, 0.4) is 0 Å². The average molecular weight is 314 g/mol. The summed E-state index contributed by atoms with van der Waals surface area (Å²) in [5.74, 6) is 0.780. The molecule has 1 aromatic carbocycles. The highest BCUT2D eigenvalue weighted by molar-refractivity contribution is 6.03. The summed E-state index contributed by atoms with van der Waals surface area (Å²) in [5, 5.41) is 2.83. The molecular weight excluding hydrogens is 296 g/mol. The lowest BCUT2D eigenvalue weighted by atomic mass is 10.2. The van der Waals surface area contributed by atoms with Crippen molar-refractivity contribution in [2.45, 2.75) is 26.0 Å². The minimum absolute atomic E-state index is 0.0609. The molecule has 2 heterocycles. The van der Waals surface area contributed by atoms with Crippen molar-refractivity contribution in [2.75, 3.05) is 11.4 Å². The molecular formula is C17H18N2O4. The van der Waals surface area contributed by atoms with E-state index in [-0.39, 0.29) is 24.4 Å². The topological polar surface area (TPSA) is 71.8 Å². The number of nitrogens with zero attached hydrogens (tertiary/aromatic N) is 1. The van der Waals surface area contributed by atoms with E-state index in [1.54, 1.807) is 37.5 Å². The van der Waals surface area contributed by atoms with Gasteiger partial charge in [0.2, 0.25) is 5.91 Å². The summed E-state index contributed by atoms with van der Waals surface area (Å²) in [4.78, 5) is 26.1. The lowest BCUT2D eigenvalue weighted by Crippen LogP contribution is -2.49. The van der Waals surface area contributed by atoms with Crippen LogP contribution in [0.4, 0.5) is 5.69 Å². The first kappa shape index (κ1) is 15.1. The number of furan rings is 1. The van der Waals surface area contributed by atoms with Crippen LogP contribution in [0.1, 0.15) is 25.6 Å². The van der Waals surface area contributed by atoms with Gasteiger partial charge in [-0.1, -0.05) is 12.1 Å². The van der Waals surface area contributed by atoms with Crippen molar-refractivity contribution < 1.29 is 18.7 Å². The van der Waals surface area contributed by atoms with E-state index in [0.717, 1.165) is 0 Å². The molecule has 1 aliphatic heterocycles. The van der Waals surface area contributed by atoms with Gasteiger partial charge in [0.15, 0.2) is 6.10 Å². The zero-order chi connectivity index (χ0) is 16.4. The normalized spacial score (nSPS) is 18.1. The fourth-order valence-corrected chi connectivity index (χ4v) is 2.56. The van der Waals surface area contributed by atoms with Crippen molar-refractivity contribution in [1.82, 2.24) is 5.32 Å². The second-order valence-corrected chi connectivity index (χ2v) is 5.46. The highest BCUT2D eigenvalue weighted by atomic mass is 16.5. The molecule has 23 heavy (non-hydrogen) atoms. The van der Waals surface area contributed by atoms with Gasteiger partial charge in [0, 0.05) is 0 Å². The number of carbonyl (C=O) groups excluding carboxylic acids is 2. The summed E-state index contributed by atoms with van der Waals surface area (Å²) in [6.45, 7) is 3.44. The van der Waals surface area contributed by atoms with Crippen LogP contribution in [0.25, 0.3) is 0 Å². The van der Waals surface area contributed by atoms with Crippen LogP contribution < -0.4 is 15.0 Å². The van der Waals surface area contributed by atoms with E-state index in [2.05, 4.69) is 5.32 Å². The van der Waals surface area contributed by atoms with Gasteiger partial charge in [0.25, 0.3) is 5.91 Å². The van der Waals surface area contributed by atoms with Crippen LogP contribution in [-0.4, -0.2) is 24.5 Å². The number of anilines is 1. The van der Waals surface area contributed by atoms with E-state index in [4.69, 9.17) is 9.15 Å². The van der Waals surface area contributed by atoms with E-state index in [9.17, 15) is 9.59 Å². The minimum atomic E-state index is -0.611. The predicted octanol–water partition coefficient (Wildman–Crippen LogP) is 2.27. The molecule has 0 aliphatic carbocycles. The van der Waals surface area contributed by atoms with E-state index in [0.29, 0.717) is 17.2 Å². The van der Waals surface area contributed by atoms with Gasteiger partial charge in [-0.25, -0.2) is 0 Å². The van der Waals surface area contributed by atoms with Gasteiger partial charge in [-0.2, -0.15) is 0 Å². The largest absolute Gasteiger partial charge is 0.479 e. The monoisotopic (exact) mass is 314 g/mol. The summed E-state index contributed by atoms with van der Waals surface area (Å²) in [6, 6.07) is 10.5. The van der Waals surface area contributed by atoms with Crippen molar-refractivity contribution in [1.29, 1.82) is 0 Å². The molecule has 2 unspecified atom stereocenters. The van der Waals surface area contributed by atoms with Gasteiger partial charge in [-0.05, 0) is 38.1 Å². The number of ether oxygens (including phenoxy) is 1. The fraction of sp³-hybridized carbons (Fsp3) is 0.294. The Morgan fingerprint density at radius 3 is 2.83 bits per heavy atom. The number of hydrogen-bond donors (Lipinski definition) is 1. The van der Waals surface area contributed by atoms with Crippen LogP contribution in [0.5, 0.6) is 5.75 Å². The number of para-hydroxylation sites is 2. The van der Waals surface area contributed by atoms with Crippen molar-refractivity contribution in [3.05, 3.63) is 48.4 Å². The molecule has 6 nitrogen and oxygen atoms in total. The van der Waals surface area contributed by atoms with Gasteiger partial charge < -0.3 is 14.5 Å². The first-order valence-corrected chi connectivity index (χ1v) is 7.46. The Kier molecular flexibility index (Phi) is 4.06. The molecule has 6 heteroatoms. The van der Waals surface area contributed by atoms with Crippen LogP contribution in [0, 0.1) is 0 Å². The van der Waals surface area contributed by atoms with Crippen molar-refractivity contribution in [2.24, 2.45) is 0 Å². The van der Waals surface area contributed by atoms with Crippen molar-refractivity contribution in [3.63, 3.8) is 0 Å². The molecule has 0 spiro atoms. The average Bonchev–Trinajstić information content (AvgIpc) is 3.06. The van der Waals surface area contributed by atoms with Gasteiger partial charge in [-0.15, -0.1) is 0 Å². The van der Waals surface area contributed by atoms with E-state index in [1.807, 2.05) is 19.1 Å². The second kappa shape index (κ2) is 6.16. The van der Waals surface area contributed by atoms with E-state index >= 15 is 0 Å². The van der Waals surface area contributed by atoms with Crippen LogP contribution in [-0.2, 0) is 9.59 Å². The maximum absolute atomic E-state index is 12.3. The standard InChI is InChI=1S/C17H18N2O4/c1-11(14-8-5-9-22-14)18-16(20)10-19-13-6-3-4-7-15(13)23-12(2)17(19)21/h3-9,11-12H,10H2,1-2H3,(H,18,20). The molecule has 0 saturated heterocycles. The number of benzene rings is 1. The number of nitrogens with one attached hydrogen (secondary N) is 1. The third kappa shape index (κ3) is 3.06. The van der Waals surface area contributed by atoms with Crippen LogP contribution in [0.2, 0.25) is 0 Å². The molecule has 1 aliphatic rings. The van der Waals surface area contributed by atoms with Crippen LogP contribution in [0.15, 0.2) is 47.1 Å². The Labute approximate surface area is 134 Å². The molecule has 1 N–H and O–H groups in total.